The molecule has 0 aliphatic carbocycles. The van der Waals surface area contributed by atoms with Gasteiger partial charge in [0, 0.05) is 5.69 Å². The molecule has 0 saturated heterocycles. The number of ether oxygens (including phenoxy) is 1. The molecule has 0 aliphatic heterocycles. The van der Waals surface area contributed by atoms with Crippen molar-refractivity contribution in [3.05, 3.63) is 28.5 Å². The molecule has 0 aromatic carbocycles. The van der Waals surface area contributed by atoms with E-state index in [1.54, 1.807) is 6.07 Å². The smallest absolute Gasteiger partial charge is 0.338 e. The molecule has 1 aromatic rings. The van der Waals surface area contributed by atoms with Crippen LogP contribution in [-0.4, -0.2) is 17.1 Å². The minimum atomic E-state index is -0.360. The summed E-state index contributed by atoms with van der Waals surface area (Å²) in [5.41, 5.74) is 1.25. The van der Waals surface area contributed by atoms with E-state index in [1.807, 2.05) is 27.7 Å². The number of halogens is 1. The summed E-state index contributed by atoms with van der Waals surface area (Å²) in [5.74, 6) is -0.134. The van der Waals surface area contributed by atoms with Gasteiger partial charge in [0.2, 0.25) is 0 Å². The predicted molar refractivity (Wildman–Crippen MR) is 63.9 cm³/mol. The topological polar surface area (TPSA) is 39.2 Å². The highest BCUT2D eigenvalue weighted by Crippen LogP contribution is 2.18. The minimum absolute atomic E-state index is 0.137. The molecule has 0 N–H and O–H groups in total. The van der Waals surface area contributed by atoms with Crippen molar-refractivity contribution in [2.75, 3.05) is 0 Å². The van der Waals surface area contributed by atoms with E-state index in [0.717, 1.165) is 5.69 Å². The molecule has 3 nitrogen and oxygen atoms in total. The van der Waals surface area contributed by atoms with Crippen LogP contribution in [0.5, 0.6) is 0 Å². The Balaban J connectivity index is 3.00. The molecular formula is C12H16ClNO2. The van der Waals surface area contributed by atoms with Crippen molar-refractivity contribution in [1.29, 1.82) is 0 Å². The van der Waals surface area contributed by atoms with E-state index in [1.165, 1.54) is 6.07 Å². The second-order valence-electron chi connectivity index (χ2n) is 4.21. The largest absolute Gasteiger partial charge is 0.459 e. The van der Waals surface area contributed by atoms with Crippen molar-refractivity contribution in [3.63, 3.8) is 0 Å². The molecular weight excluding hydrogens is 226 g/mol. The van der Waals surface area contributed by atoms with Crippen LogP contribution >= 0.6 is 11.6 Å². The highest BCUT2D eigenvalue weighted by molar-refractivity contribution is 6.29. The van der Waals surface area contributed by atoms with Crippen LogP contribution in [0, 0.1) is 0 Å². The molecule has 0 saturated carbocycles. The molecule has 0 amide bonds. The van der Waals surface area contributed by atoms with E-state index in [0.29, 0.717) is 10.7 Å². The third-order valence-corrected chi connectivity index (χ3v) is 2.18. The zero-order chi connectivity index (χ0) is 12.3. The van der Waals surface area contributed by atoms with E-state index in [-0.39, 0.29) is 18.0 Å². The quantitative estimate of drug-likeness (QED) is 0.601. The summed E-state index contributed by atoms with van der Waals surface area (Å²) >= 11 is 5.86. The van der Waals surface area contributed by atoms with Crippen LogP contribution in [0.3, 0.4) is 0 Å². The van der Waals surface area contributed by atoms with Crippen LogP contribution in [0.4, 0.5) is 0 Å². The van der Waals surface area contributed by atoms with E-state index >= 15 is 0 Å². The zero-order valence-corrected chi connectivity index (χ0v) is 10.7. The molecule has 0 fully saturated rings. The Morgan fingerprint density at radius 2 is 1.94 bits per heavy atom. The number of carbonyl (C=O) groups is 1. The molecule has 0 aliphatic rings. The fourth-order valence-corrected chi connectivity index (χ4v) is 1.43. The molecule has 0 bridgehead atoms. The van der Waals surface area contributed by atoms with Crippen molar-refractivity contribution in [1.82, 2.24) is 4.98 Å². The molecule has 88 valence electrons. The minimum Gasteiger partial charge on any atom is -0.459 e. The summed E-state index contributed by atoms with van der Waals surface area (Å²) in [6, 6.07) is 3.25. The normalized spacial score (nSPS) is 10.9. The molecule has 1 aromatic heterocycles. The van der Waals surface area contributed by atoms with Crippen LogP contribution in [-0.2, 0) is 4.74 Å². The second kappa shape index (κ2) is 5.30. The Morgan fingerprint density at radius 3 is 2.44 bits per heavy atom. The highest BCUT2D eigenvalue weighted by Gasteiger charge is 2.13. The van der Waals surface area contributed by atoms with Gasteiger partial charge in [-0.3, -0.25) is 0 Å². The van der Waals surface area contributed by atoms with Crippen molar-refractivity contribution >= 4 is 17.6 Å². The van der Waals surface area contributed by atoms with Gasteiger partial charge in [0.1, 0.15) is 5.15 Å². The van der Waals surface area contributed by atoms with E-state index in [9.17, 15) is 4.79 Å². The van der Waals surface area contributed by atoms with E-state index in [4.69, 9.17) is 16.3 Å². The Hall–Kier alpha value is -1.09. The van der Waals surface area contributed by atoms with E-state index < -0.39 is 0 Å². The number of aromatic nitrogens is 1. The maximum Gasteiger partial charge on any atom is 0.338 e. The highest BCUT2D eigenvalue weighted by atomic mass is 35.5. The first-order chi connectivity index (χ1) is 7.40. The fraction of sp³-hybridized carbons (Fsp3) is 0.500. The van der Waals surface area contributed by atoms with Gasteiger partial charge < -0.3 is 4.74 Å². The van der Waals surface area contributed by atoms with Crippen molar-refractivity contribution in [3.8, 4) is 0 Å². The van der Waals surface area contributed by atoms with Gasteiger partial charge in [0.25, 0.3) is 0 Å². The average Bonchev–Trinajstić information content (AvgIpc) is 2.15. The Kier molecular flexibility index (Phi) is 4.30. The van der Waals surface area contributed by atoms with Gasteiger partial charge in [-0.15, -0.1) is 0 Å². The molecule has 1 rings (SSSR count). The second-order valence-corrected chi connectivity index (χ2v) is 4.60. The van der Waals surface area contributed by atoms with E-state index in [2.05, 4.69) is 4.98 Å². The standard InChI is InChI=1S/C12H16ClNO2/c1-7(2)10-5-9(6-11(13)14-10)12(15)16-8(3)4/h5-8H,1-4H3. The summed E-state index contributed by atoms with van der Waals surface area (Å²) in [6.07, 6.45) is -0.137. The molecule has 0 radical (unpaired) electrons. The van der Waals surface area contributed by atoms with Crippen LogP contribution in [0.2, 0.25) is 5.15 Å². The number of carbonyl (C=O) groups excluding carboxylic acids is 1. The Labute approximate surface area is 101 Å². The van der Waals surface area contributed by atoms with Gasteiger partial charge in [-0.05, 0) is 31.9 Å². The first-order valence-electron chi connectivity index (χ1n) is 5.28. The van der Waals surface area contributed by atoms with Gasteiger partial charge in [-0.25, -0.2) is 9.78 Å². The third kappa shape index (κ3) is 3.49. The third-order valence-electron chi connectivity index (χ3n) is 1.98. The lowest BCUT2D eigenvalue weighted by Crippen LogP contribution is -2.12. The fourth-order valence-electron chi connectivity index (χ4n) is 1.21. The number of nitrogens with zero attached hydrogens (tertiary/aromatic N) is 1. The maximum absolute atomic E-state index is 11.7. The number of rotatable bonds is 3. The SMILES string of the molecule is CC(C)OC(=O)c1cc(Cl)nc(C(C)C)c1. The number of hydrogen-bond acceptors (Lipinski definition) is 3. The maximum atomic E-state index is 11.7. The first-order valence-corrected chi connectivity index (χ1v) is 5.66. The summed E-state index contributed by atoms with van der Waals surface area (Å²) in [6.45, 7) is 7.61. The predicted octanol–water partition coefficient (Wildman–Crippen LogP) is 3.42. The lowest BCUT2D eigenvalue weighted by Gasteiger charge is -2.10. The van der Waals surface area contributed by atoms with Crippen LogP contribution in [0.15, 0.2) is 12.1 Å². The molecule has 0 spiro atoms. The Morgan fingerprint density at radius 1 is 1.31 bits per heavy atom. The summed E-state index contributed by atoms with van der Waals surface area (Å²) in [7, 11) is 0. The molecule has 16 heavy (non-hydrogen) atoms. The summed E-state index contributed by atoms with van der Waals surface area (Å²) in [4.78, 5) is 15.8. The van der Waals surface area contributed by atoms with Crippen LogP contribution in [0.25, 0.3) is 0 Å². The monoisotopic (exact) mass is 241 g/mol. The number of pyridine rings is 1. The van der Waals surface area contributed by atoms with Gasteiger partial charge in [0.15, 0.2) is 0 Å². The van der Waals surface area contributed by atoms with Crippen molar-refractivity contribution < 1.29 is 9.53 Å². The lowest BCUT2D eigenvalue weighted by molar-refractivity contribution is 0.0377. The summed E-state index contributed by atoms with van der Waals surface area (Å²) in [5, 5.41) is 0.321. The first kappa shape index (κ1) is 13.0. The number of hydrogen-bond donors (Lipinski definition) is 0. The zero-order valence-electron chi connectivity index (χ0n) is 9.95. The lowest BCUT2D eigenvalue weighted by atomic mass is 10.1. The van der Waals surface area contributed by atoms with Crippen molar-refractivity contribution in [2.24, 2.45) is 0 Å². The Bertz CT molecular complexity index is 389. The van der Waals surface area contributed by atoms with Crippen LogP contribution in [0.1, 0.15) is 49.7 Å². The average molecular weight is 242 g/mol. The molecule has 0 unspecified atom stereocenters. The van der Waals surface area contributed by atoms with Gasteiger partial charge >= 0.3 is 5.97 Å². The van der Waals surface area contributed by atoms with Gasteiger partial charge in [0.05, 0.1) is 11.7 Å². The van der Waals surface area contributed by atoms with Gasteiger partial charge in [-0.2, -0.15) is 0 Å². The number of esters is 1. The summed E-state index contributed by atoms with van der Waals surface area (Å²) < 4.78 is 5.10. The van der Waals surface area contributed by atoms with Crippen LogP contribution < -0.4 is 0 Å². The van der Waals surface area contributed by atoms with Gasteiger partial charge in [-0.1, -0.05) is 25.4 Å². The molecule has 1 heterocycles. The molecule has 4 heteroatoms. The molecule has 0 atom stereocenters. The van der Waals surface area contributed by atoms with Crippen molar-refractivity contribution in [2.45, 2.75) is 39.7 Å².